The molecule has 2 aromatic carbocycles. The number of halogens is 2. The Morgan fingerprint density at radius 2 is 1.68 bits per heavy atom. The molecular formula is C14H11I2NO2. The molecule has 0 bridgehead atoms. The minimum Gasteiger partial charge on any atom is -0.478 e. The summed E-state index contributed by atoms with van der Waals surface area (Å²) >= 11 is 4.31. The van der Waals surface area contributed by atoms with Gasteiger partial charge in [-0.1, -0.05) is 30.3 Å². The minimum absolute atomic E-state index is 0.319. The molecule has 0 atom stereocenters. The molecule has 0 radical (unpaired) electrons. The first-order valence-electron chi connectivity index (χ1n) is 5.58. The number of nitrogens with one attached hydrogen (secondary N) is 1. The predicted octanol–water partition coefficient (Wildman–Crippen LogP) is 4.21. The molecule has 5 heteroatoms. The van der Waals surface area contributed by atoms with E-state index < -0.39 is 5.97 Å². The summed E-state index contributed by atoms with van der Waals surface area (Å²) < 4.78 is 1.83. The second kappa shape index (κ2) is 6.56. The van der Waals surface area contributed by atoms with Gasteiger partial charge in [0.1, 0.15) is 0 Å². The molecule has 19 heavy (non-hydrogen) atoms. The molecule has 2 aromatic rings. The van der Waals surface area contributed by atoms with Gasteiger partial charge < -0.3 is 10.4 Å². The second-order valence-corrected chi connectivity index (χ2v) is 6.28. The second-order valence-electron chi connectivity index (χ2n) is 3.96. The van der Waals surface area contributed by atoms with E-state index in [1.807, 2.05) is 18.2 Å². The maximum Gasteiger partial charge on any atom is 0.335 e. The Morgan fingerprint density at radius 1 is 1.11 bits per heavy atom. The zero-order valence-electron chi connectivity index (χ0n) is 9.86. The van der Waals surface area contributed by atoms with E-state index in [4.69, 9.17) is 5.11 Å². The average molecular weight is 479 g/mol. The molecule has 0 heterocycles. The van der Waals surface area contributed by atoms with Crippen LogP contribution in [0.2, 0.25) is 0 Å². The van der Waals surface area contributed by atoms with E-state index in [1.54, 1.807) is 12.1 Å². The summed E-state index contributed by atoms with van der Waals surface area (Å²) in [5.74, 6) is -0.898. The van der Waals surface area contributed by atoms with Crippen LogP contribution in [0.15, 0.2) is 42.5 Å². The predicted molar refractivity (Wildman–Crippen MR) is 92.6 cm³/mol. The van der Waals surface area contributed by atoms with Crippen LogP contribution in [0, 0.1) is 7.14 Å². The van der Waals surface area contributed by atoms with Gasteiger partial charge in [0, 0.05) is 13.7 Å². The van der Waals surface area contributed by atoms with Crippen molar-refractivity contribution in [3.8, 4) is 0 Å². The first kappa shape index (κ1) is 14.6. The van der Waals surface area contributed by atoms with Gasteiger partial charge in [0.25, 0.3) is 0 Å². The Bertz CT molecular complexity index is 577. The highest BCUT2D eigenvalue weighted by molar-refractivity contribution is 14.1. The van der Waals surface area contributed by atoms with Crippen molar-refractivity contribution in [2.75, 3.05) is 5.32 Å². The first-order valence-corrected chi connectivity index (χ1v) is 7.74. The zero-order valence-corrected chi connectivity index (χ0v) is 14.2. The minimum atomic E-state index is -0.898. The molecule has 0 amide bonds. The Hall–Kier alpha value is -0.830. The summed E-state index contributed by atoms with van der Waals surface area (Å²) in [6.45, 7) is 0.721. The molecule has 2 N–H and O–H groups in total. The summed E-state index contributed by atoms with van der Waals surface area (Å²) in [6, 6.07) is 13.5. The zero-order chi connectivity index (χ0) is 13.8. The van der Waals surface area contributed by atoms with Crippen molar-refractivity contribution >= 4 is 56.8 Å². The first-order chi connectivity index (χ1) is 9.08. The van der Waals surface area contributed by atoms with E-state index in [9.17, 15) is 4.79 Å². The van der Waals surface area contributed by atoms with Crippen molar-refractivity contribution in [1.29, 1.82) is 0 Å². The Labute approximate surface area is 138 Å². The molecule has 3 nitrogen and oxygen atoms in total. The number of hydrogen-bond donors (Lipinski definition) is 2. The summed E-state index contributed by atoms with van der Waals surface area (Å²) in [5, 5.41) is 12.4. The fourth-order valence-electron chi connectivity index (χ4n) is 1.65. The number of carboxylic acid groups (broad SMARTS) is 1. The van der Waals surface area contributed by atoms with Gasteiger partial charge in [-0.05, 0) is 62.9 Å². The van der Waals surface area contributed by atoms with Crippen molar-refractivity contribution in [2.24, 2.45) is 0 Å². The molecule has 0 saturated carbocycles. The maximum atomic E-state index is 11.0. The lowest BCUT2D eigenvalue weighted by molar-refractivity contribution is 0.0696. The van der Waals surface area contributed by atoms with Crippen LogP contribution in [0.1, 0.15) is 15.9 Å². The third-order valence-corrected chi connectivity index (χ3v) is 4.30. The van der Waals surface area contributed by atoms with Crippen LogP contribution < -0.4 is 5.32 Å². The largest absolute Gasteiger partial charge is 0.478 e. The van der Waals surface area contributed by atoms with E-state index >= 15 is 0 Å². The monoisotopic (exact) mass is 479 g/mol. The van der Waals surface area contributed by atoms with Gasteiger partial charge in [-0.3, -0.25) is 0 Å². The van der Waals surface area contributed by atoms with Crippen LogP contribution >= 0.6 is 45.2 Å². The molecule has 0 aliphatic heterocycles. The molecule has 2 rings (SSSR count). The van der Waals surface area contributed by atoms with E-state index in [0.717, 1.165) is 19.4 Å². The van der Waals surface area contributed by atoms with E-state index in [-0.39, 0.29) is 0 Å². The molecule has 0 aromatic heterocycles. The third-order valence-electron chi connectivity index (χ3n) is 2.60. The fourth-order valence-corrected chi connectivity index (χ4v) is 3.80. The summed E-state index contributed by atoms with van der Waals surface area (Å²) in [6.07, 6.45) is 0. The van der Waals surface area contributed by atoms with Crippen molar-refractivity contribution in [2.45, 2.75) is 6.54 Å². The fraction of sp³-hybridized carbons (Fsp3) is 0.0714. The van der Waals surface area contributed by atoms with Crippen LogP contribution in [0.3, 0.4) is 0 Å². The maximum absolute atomic E-state index is 11.0. The molecule has 0 aliphatic rings. The van der Waals surface area contributed by atoms with Gasteiger partial charge >= 0.3 is 5.97 Å². The average Bonchev–Trinajstić information content (AvgIpc) is 2.38. The Kier molecular flexibility index (Phi) is 5.03. The highest BCUT2D eigenvalue weighted by Crippen LogP contribution is 2.27. The summed E-state index contributed by atoms with van der Waals surface area (Å²) in [5.41, 5.74) is 2.49. The van der Waals surface area contributed by atoms with Crippen molar-refractivity contribution in [1.82, 2.24) is 0 Å². The smallest absolute Gasteiger partial charge is 0.335 e. The van der Waals surface area contributed by atoms with Gasteiger partial charge in [0.15, 0.2) is 0 Å². The highest BCUT2D eigenvalue weighted by atomic mass is 127. The highest BCUT2D eigenvalue weighted by Gasteiger charge is 2.11. The van der Waals surface area contributed by atoms with Crippen LogP contribution in [-0.4, -0.2) is 11.1 Å². The number of anilines is 1. The van der Waals surface area contributed by atoms with Crippen molar-refractivity contribution < 1.29 is 9.90 Å². The van der Waals surface area contributed by atoms with Gasteiger partial charge in [-0.2, -0.15) is 0 Å². The van der Waals surface area contributed by atoms with E-state index in [1.165, 1.54) is 5.56 Å². The van der Waals surface area contributed by atoms with Crippen LogP contribution in [-0.2, 0) is 6.54 Å². The lowest BCUT2D eigenvalue weighted by Gasteiger charge is -2.12. The van der Waals surface area contributed by atoms with Crippen molar-refractivity contribution in [3.63, 3.8) is 0 Å². The standard InChI is InChI=1S/C14H11I2NO2/c15-11-6-10(14(18)19)7-12(16)13(11)17-8-9-4-2-1-3-5-9/h1-7,17H,8H2,(H,18,19). The topological polar surface area (TPSA) is 49.3 Å². The van der Waals surface area contributed by atoms with Gasteiger partial charge in [-0.25, -0.2) is 4.79 Å². The lowest BCUT2D eigenvalue weighted by atomic mass is 10.2. The number of hydrogen-bond acceptors (Lipinski definition) is 2. The number of carbonyl (C=O) groups is 1. The van der Waals surface area contributed by atoms with E-state index in [2.05, 4.69) is 62.6 Å². The lowest BCUT2D eigenvalue weighted by Crippen LogP contribution is -2.05. The molecular weight excluding hydrogens is 468 g/mol. The number of benzene rings is 2. The Morgan fingerprint density at radius 3 is 2.21 bits per heavy atom. The molecule has 0 spiro atoms. The molecule has 0 unspecified atom stereocenters. The number of carboxylic acids is 1. The summed E-state index contributed by atoms with van der Waals surface area (Å²) in [4.78, 5) is 11.0. The van der Waals surface area contributed by atoms with Gasteiger partial charge in [0.05, 0.1) is 11.3 Å². The third kappa shape index (κ3) is 3.82. The Balaban J connectivity index is 2.19. The quantitative estimate of drug-likeness (QED) is 0.647. The van der Waals surface area contributed by atoms with Gasteiger partial charge in [-0.15, -0.1) is 0 Å². The van der Waals surface area contributed by atoms with E-state index in [0.29, 0.717) is 5.56 Å². The van der Waals surface area contributed by atoms with Crippen LogP contribution in [0.5, 0.6) is 0 Å². The molecule has 0 fully saturated rings. The molecule has 0 saturated heterocycles. The van der Waals surface area contributed by atoms with Crippen molar-refractivity contribution in [3.05, 3.63) is 60.7 Å². The molecule has 98 valence electrons. The number of aromatic carboxylic acids is 1. The van der Waals surface area contributed by atoms with Crippen LogP contribution in [0.25, 0.3) is 0 Å². The van der Waals surface area contributed by atoms with Gasteiger partial charge in [0.2, 0.25) is 0 Å². The number of rotatable bonds is 4. The molecule has 0 aliphatic carbocycles. The summed E-state index contributed by atoms with van der Waals surface area (Å²) in [7, 11) is 0. The van der Waals surface area contributed by atoms with Crippen LogP contribution in [0.4, 0.5) is 5.69 Å². The SMILES string of the molecule is O=C(O)c1cc(I)c(NCc2ccccc2)c(I)c1. The normalized spacial score (nSPS) is 10.2.